The zero-order chi connectivity index (χ0) is 29.1. The topological polar surface area (TPSA) is 127 Å². The van der Waals surface area contributed by atoms with Crippen LogP contribution in [0.4, 0.5) is 27.8 Å². The molecule has 2 aromatic heterocycles. The molecule has 4 aromatic rings. The van der Waals surface area contributed by atoms with E-state index >= 15 is 0 Å². The molecule has 41 heavy (non-hydrogen) atoms. The van der Waals surface area contributed by atoms with Gasteiger partial charge in [0.15, 0.2) is 5.65 Å². The lowest BCUT2D eigenvalue weighted by Gasteiger charge is -2.34. The van der Waals surface area contributed by atoms with Gasteiger partial charge in [-0.3, -0.25) is 14.7 Å². The fourth-order valence-electron chi connectivity index (χ4n) is 4.53. The Morgan fingerprint density at radius 1 is 0.951 bits per heavy atom. The van der Waals surface area contributed by atoms with Crippen LogP contribution in [0.15, 0.2) is 59.7 Å². The third kappa shape index (κ3) is 6.55. The van der Waals surface area contributed by atoms with Crippen LogP contribution in [0.3, 0.4) is 0 Å². The van der Waals surface area contributed by atoms with E-state index in [0.29, 0.717) is 28.5 Å². The van der Waals surface area contributed by atoms with E-state index in [1.807, 2.05) is 18.2 Å². The first kappa shape index (κ1) is 27.8. The molecule has 0 saturated carbocycles. The average Bonchev–Trinajstić information content (AvgIpc) is 2.93. The summed E-state index contributed by atoms with van der Waals surface area (Å²) in [5.41, 5.74) is 2.69. The Balaban J connectivity index is 1.40. The van der Waals surface area contributed by atoms with Crippen LogP contribution in [0.5, 0.6) is 5.75 Å². The van der Waals surface area contributed by atoms with Gasteiger partial charge >= 0.3 is 6.09 Å². The van der Waals surface area contributed by atoms with Crippen LogP contribution in [0.1, 0.15) is 20.8 Å². The number of carbonyl (C=O) groups is 1. The second kappa shape index (κ2) is 11.4. The Hall–Kier alpha value is -4.71. The maximum absolute atomic E-state index is 12.9. The van der Waals surface area contributed by atoms with Gasteiger partial charge in [0.05, 0.1) is 30.9 Å². The number of hydrogen-bond donors (Lipinski definition) is 2. The fraction of sp³-hybridized carbons (Fsp3) is 0.345. The summed E-state index contributed by atoms with van der Waals surface area (Å²) >= 11 is 0. The van der Waals surface area contributed by atoms with Crippen molar-refractivity contribution in [2.45, 2.75) is 26.4 Å². The van der Waals surface area contributed by atoms with Crippen LogP contribution in [0.25, 0.3) is 16.9 Å². The lowest BCUT2D eigenvalue weighted by molar-refractivity contribution is 0.0636. The second-order valence-electron chi connectivity index (χ2n) is 10.8. The molecule has 1 aliphatic heterocycles. The number of piperazine rings is 1. The molecule has 1 saturated heterocycles. The number of ether oxygens (including phenoxy) is 2. The zero-order valence-corrected chi connectivity index (χ0v) is 23.8. The molecular formula is C29H34N8O4. The van der Waals surface area contributed by atoms with Crippen LogP contribution in [0.2, 0.25) is 0 Å². The van der Waals surface area contributed by atoms with Crippen molar-refractivity contribution >= 4 is 40.3 Å². The molecule has 3 heterocycles. The van der Waals surface area contributed by atoms with Crippen LogP contribution >= 0.6 is 0 Å². The fourth-order valence-corrected chi connectivity index (χ4v) is 4.53. The molecule has 0 spiro atoms. The molecule has 1 amide bonds. The van der Waals surface area contributed by atoms with E-state index in [0.717, 1.165) is 43.3 Å². The van der Waals surface area contributed by atoms with Crippen molar-refractivity contribution in [1.29, 1.82) is 0 Å². The summed E-state index contributed by atoms with van der Waals surface area (Å²) in [6.45, 7) is 9.22. The highest BCUT2D eigenvalue weighted by Crippen LogP contribution is 2.32. The number of rotatable bonds is 6. The number of amides is 1. The maximum atomic E-state index is 12.9. The standard InChI is InChI=1S/C29H34N8O4/c1-29(2,3)41-28(39)33-19-6-9-21(10-7-19)37-25(38)18-30-22-17-31-27(34-26(22)37)32-20-8-11-23(24(16-20)40-5)36-14-12-35(4)13-15-36/h6-11,16-18H,12-15H2,1-5H3,(H,33,39)(H,31,32,34). The SMILES string of the molecule is COc1cc(Nc2ncc3ncc(=O)n(-c4ccc(NC(=O)OC(C)(C)C)cc4)c3n2)ccc1N1CCN(C)CC1. The van der Waals surface area contributed by atoms with Crippen LogP contribution in [-0.4, -0.2) is 76.4 Å². The Bertz CT molecular complexity index is 1610. The molecule has 5 rings (SSSR count). The summed E-state index contributed by atoms with van der Waals surface area (Å²) in [6.07, 6.45) is 2.23. The van der Waals surface area contributed by atoms with Crippen LogP contribution in [0, 0.1) is 0 Å². The largest absolute Gasteiger partial charge is 0.495 e. The minimum atomic E-state index is -0.615. The quantitative estimate of drug-likeness (QED) is 0.358. The second-order valence-corrected chi connectivity index (χ2v) is 10.8. The zero-order valence-electron chi connectivity index (χ0n) is 23.8. The molecule has 214 valence electrons. The maximum Gasteiger partial charge on any atom is 0.412 e. The molecule has 0 radical (unpaired) electrons. The van der Waals surface area contributed by atoms with Gasteiger partial charge in [0.25, 0.3) is 5.56 Å². The molecule has 0 bridgehead atoms. The molecule has 2 N–H and O–H groups in total. The van der Waals surface area contributed by atoms with Crippen molar-refractivity contribution in [2.75, 3.05) is 55.9 Å². The average molecular weight is 559 g/mol. The number of nitrogens with zero attached hydrogens (tertiary/aromatic N) is 6. The third-order valence-electron chi connectivity index (χ3n) is 6.55. The van der Waals surface area contributed by atoms with E-state index in [-0.39, 0.29) is 5.56 Å². The van der Waals surface area contributed by atoms with Gasteiger partial charge in [-0.15, -0.1) is 0 Å². The van der Waals surface area contributed by atoms with Gasteiger partial charge in [0, 0.05) is 43.6 Å². The highest BCUT2D eigenvalue weighted by Gasteiger charge is 2.19. The first-order valence-electron chi connectivity index (χ1n) is 13.3. The molecular weight excluding hydrogens is 524 g/mol. The van der Waals surface area contributed by atoms with Gasteiger partial charge in [-0.1, -0.05) is 0 Å². The number of nitrogens with one attached hydrogen (secondary N) is 2. The van der Waals surface area contributed by atoms with E-state index in [1.165, 1.54) is 10.8 Å². The lowest BCUT2D eigenvalue weighted by atomic mass is 10.2. The number of methoxy groups -OCH3 is 1. The Labute approximate surface area is 237 Å². The molecule has 0 aliphatic carbocycles. The number of likely N-dealkylation sites (N-methyl/N-ethyl adjacent to an activating group) is 1. The van der Waals surface area contributed by atoms with Crippen molar-refractivity contribution in [3.63, 3.8) is 0 Å². The molecule has 12 nitrogen and oxygen atoms in total. The van der Waals surface area contributed by atoms with Crippen molar-refractivity contribution in [2.24, 2.45) is 0 Å². The number of hydrogen-bond acceptors (Lipinski definition) is 10. The minimum Gasteiger partial charge on any atom is -0.495 e. The van der Waals surface area contributed by atoms with E-state index < -0.39 is 11.7 Å². The molecule has 1 aliphatic rings. The van der Waals surface area contributed by atoms with Gasteiger partial charge in [0.2, 0.25) is 5.95 Å². The normalized spacial score (nSPS) is 14.1. The number of benzene rings is 2. The van der Waals surface area contributed by atoms with Gasteiger partial charge in [0.1, 0.15) is 16.9 Å². The third-order valence-corrected chi connectivity index (χ3v) is 6.55. The van der Waals surface area contributed by atoms with Crippen molar-refractivity contribution in [3.05, 3.63) is 65.2 Å². The van der Waals surface area contributed by atoms with Gasteiger partial charge < -0.3 is 24.6 Å². The summed E-state index contributed by atoms with van der Waals surface area (Å²) in [5, 5.41) is 5.91. The molecule has 0 atom stereocenters. The first-order chi connectivity index (χ1) is 19.6. The molecule has 1 fully saturated rings. The Morgan fingerprint density at radius 2 is 1.66 bits per heavy atom. The number of carbonyl (C=O) groups excluding carboxylic acids is 1. The van der Waals surface area contributed by atoms with E-state index in [4.69, 9.17) is 9.47 Å². The monoisotopic (exact) mass is 558 g/mol. The summed E-state index contributed by atoms with van der Waals surface area (Å²) in [7, 11) is 3.78. The summed E-state index contributed by atoms with van der Waals surface area (Å²) in [4.78, 5) is 42.9. The lowest BCUT2D eigenvalue weighted by Crippen LogP contribution is -2.44. The van der Waals surface area contributed by atoms with Crippen molar-refractivity contribution in [3.8, 4) is 11.4 Å². The van der Waals surface area contributed by atoms with E-state index in [2.05, 4.69) is 42.4 Å². The number of aromatic nitrogens is 4. The van der Waals surface area contributed by atoms with E-state index in [1.54, 1.807) is 58.3 Å². The predicted molar refractivity (Wildman–Crippen MR) is 159 cm³/mol. The van der Waals surface area contributed by atoms with Crippen LogP contribution < -0.4 is 25.8 Å². The smallest absolute Gasteiger partial charge is 0.412 e. The highest BCUT2D eigenvalue weighted by molar-refractivity contribution is 5.85. The summed E-state index contributed by atoms with van der Waals surface area (Å²) in [5.74, 6) is 1.05. The van der Waals surface area contributed by atoms with Gasteiger partial charge in [-0.2, -0.15) is 4.98 Å². The van der Waals surface area contributed by atoms with E-state index in [9.17, 15) is 9.59 Å². The molecule has 0 unspecified atom stereocenters. The Morgan fingerprint density at radius 3 is 2.34 bits per heavy atom. The molecule has 12 heteroatoms. The molecule has 2 aromatic carbocycles. The predicted octanol–water partition coefficient (Wildman–Crippen LogP) is 4.03. The number of fused-ring (bicyclic) bond motifs is 1. The van der Waals surface area contributed by atoms with Crippen LogP contribution in [-0.2, 0) is 4.74 Å². The van der Waals surface area contributed by atoms with Crippen molar-refractivity contribution in [1.82, 2.24) is 24.4 Å². The van der Waals surface area contributed by atoms with Gasteiger partial charge in [-0.05, 0) is 64.2 Å². The summed E-state index contributed by atoms with van der Waals surface area (Å²) < 4.78 is 12.4. The van der Waals surface area contributed by atoms with Crippen molar-refractivity contribution < 1.29 is 14.3 Å². The summed E-state index contributed by atoms with van der Waals surface area (Å²) in [6, 6.07) is 12.7. The Kier molecular flexibility index (Phi) is 7.75. The first-order valence-corrected chi connectivity index (χ1v) is 13.3. The van der Waals surface area contributed by atoms with Gasteiger partial charge in [-0.25, -0.2) is 14.8 Å². The minimum absolute atomic E-state index is 0.302. The number of anilines is 4. The highest BCUT2D eigenvalue weighted by atomic mass is 16.6.